The number of carbonyl (C=O) groups is 2. The molecule has 1 aromatic heterocycles. The van der Waals surface area contributed by atoms with E-state index in [1.807, 2.05) is 37.3 Å². The van der Waals surface area contributed by atoms with Crippen molar-refractivity contribution in [3.8, 4) is 0 Å². The Bertz CT molecular complexity index is 1030. The maximum absolute atomic E-state index is 12.7. The Morgan fingerprint density at radius 1 is 1.18 bits per heavy atom. The molecule has 2 aromatic carbocycles. The molecular formula is C20H18N2O5S. The van der Waals surface area contributed by atoms with E-state index in [1.54, 1.807) is 17.0 Å². The molecule has 0 saturated heterocycles. The third kappa shape index (κ3) is 4.01. The standard InChI is InChI=1S/C20H18N2O5S/c1-3-21(15-7-5-4-6-8-15)19(23)13(2)27-20(24)18-12-14-11-16(22(25)26)9-10-17(14)28-18/h4-13H,3H2,1-2H3/t13-/m0/s1. The Balaban J connectivity index is 1.75. The number of carbonyl (C=O) groups excluding carboxylic acids is 2. The van der Waals surface area contributed by atoms with Gasteiger partial charge in [-0.1, -0.05) is 18.2 Å². The van der Waals surface area contributed by atoms with Crippen LogP contribution in [0.4, 0.5) is 11.4 Å². The number of thiophene rings is 1. The molecule has 0 aliphatic rings. The smallest absolute Gasteiger partial charge is 0.349 e. The molecule has 0 saturated carbocycles. The molecule has 1 atom stereocenters. The molecule has 28 heavy (non-hydrogen) atoms. The van der Waals surface area contributed by atoms with Crippen molar-refractivity contribution in [2.45, 2.75) is 20.0 Å². The molecule has 8 heteroatoms. The number of nitrogens with zero attached hydrogens (tertiary/aromatic N) is 2. The summed E-state index contributed by atoms with van der Waals surface area (Å²) in [6.45, 7) is 3.82. The zero-order valence-electron chi connectivity index (χ0n) is 15.3. The Morgan fingerprint density at radius 2 is 1.89 bits per heavy atom. The highest BCUT2D eigenvalue weighted by molar-refractivity contribution is 7.20. The van der Waals surface area contributed by atoms with E-state index in [0.717, 1.165) is 10.4 Å². The fraction of sp³-hybridized carbons (Fsp3) is 0.200. The Kier molecular flexibility index (Phi) is 5.70. The number of likely N-dealkylation sites (N-methyl/N-ethyl adjacent to an activating group) is 1. The van der Waals surface area contributed by atoms with Gasteiger partial charge in [-0.25, -0.2) is 4.79 Å². The minimum absolute atomic E-state index is 0.0461. The molecule has 144 valence electrons. The van der Waals surface area contributed by atoms with Gasteiger partial charge in [0.1, 0.15) is 4.88 Å². The van der Waals surface area contributed by atoms with Crippen LogP contribution in [-0.2, 0) is 9.53 Å². The normalized spacial score (nSPS) is 11.8. The monoisotopic (exact) mass is 398 g/mol. The minimum atomic E-state index is -0.966. The molecule has 7 nitrogen and oxygen atoms in total. The summed E-state index contributed by atoms with van der Waals surface area (Å²) in [5, 5.41) is 11.5. The lowest BCUT2D eigenvalue weighted by molar-refractivity contribution is -0.384. The molecule has 0 aliphatic carbocycles. The highest BCUT2D eigenvalue weighted by Gasteiger charge is 2.25. The maximum Gasteiger partial charge on any atom is 0.349 e. The van der Waals surface area contributed by atoms with E-state index >= 15 is 0 Å². The van der Waals surface area contributed by atoms with Gasteiger partial charge in [0.25, 0.3) is 11.6 Å². The second-order valence-corrected chi connectivity index (χ2v) is 7.14. The summed E-state index contributed by atoms with van der Waals surface area (Å²) in [4.78, 5) is 37.4. The van der Waals surface area contributed by atoms with Gasteiger partial charge in [-0.15, -0.1) is 11.3 Å². The number of para-hydroxylation sites is 1. The van der Waals surface area contributed by atoms with Crippen molar-refractivity contribution in [1.82, 2.24) is 0 Å². The zero-order chi connectivity index (χ0) is 20.3. The first-order chi connectivity index (χ1) is 13.4. The molecule has 1 amide bonds. The van der Waals surface area contributed by atoms with Crippen LogP contribution in [0.2, 0.25) is 0 Å². The molecule has 0 spiro atoms. The summed E-state index contributed by atoms with van der Waals surface area (Å²) in [5.41, 5.74) is 0.683. The number of nitro groups is 1. The minimum Gasteiger partial charge on any atom is -0.448 e. The number of amides is 1. The molecule has 3 aromatic rings. The fourth-order valence-electron chi connectivity index (χ4n) is 2.81. The number of benzene rings is 2. The lowest BCUT2D eigenvalue weighted by Crippen LogP contribution is -2.40. The Morgan fingerprint density at radius 3 is 2.54 bits per heavy atom. The lowest BCUT2D eigenvalue weighted by Gasteiger charge is -2.24. The summed E-state index contributed by atoms with van der Waals surface area (Å²) in [7, 11) is 0. The summed E-state index contributed by atoms with van der Waals surface area (Å²) < 4.78 is 6.09. The topological polar surface area (TPSA) is 89.8 Å². The van der Waals surface area contributed by atoms with Gasteiger partial charge in [-0.3, -0.25) is 14.9 Å². The van der Waals surface area contributed by atoms with Gasteiger partial charge in [0, 0.05) is 34.5 Å². The molecule has 0 bridgehead atoms. The second-order valence-electron chi connectivity index (χ2n) is 6.06. The summed E-state index contributed by atoms with van der Waals surface area (Å²) >= 11 is 1.17. The Labute approximate surface area is 165 Å². The van der Waals surface area contributed by atoms with Crippen LogP contribution in [0.25, 0.3) is 10.1 Å². The van der Waals surface area contributed by atoms with Crippen molar-refractivity contribution in [3.63, 3.8) is 0 Å². The molecule has 1 heterocycles. The predicted molar refractivity (Wildman–Crippen MR) is 108 cm³/mol. The molecular weight excluding hydrogens is 380 g/mol. The SMILES string of the molecule is CCN(C(=O)[C@H](C)OC(=O)c1cc2cc([N+](=O)[O-])ccc2s1)c1ccccc1. The summed E-state index contributed by atoms with van der Waals surface area (Å²) in [6.07, 6.45) is -0.966. The van der Waals surface area contributed by atoms with Crippen LogP contribution in [-0.4, -0.2) is 29.4 Å². The predicted octanol–water partition coefficient (Wildman–Crippen LogP) is 4.41. The number of esters is 1. The van der Waals surface area contributed by atoms with Crippen LogP contribution < -0.4 is 4.90 Å². The van der Waals surface area contributed by atoms with E-state index in [4.69, 9.17) is 4.74 Å². The van der Waals surface area contributed by atoms with Crippen molar-refractivity contribution < 1.29 is 19.2 Å². The van der Waals surface area contributed by atoms with Gasteiger partial charge in [0.15, 0.2) is 6.10 Å². The van der Waals surface area contributed by atoms with Crippen LogP contribution in [0, 0.1) is 10.1 Å². The number of nitro benzene ring substituents is 1. The molecule has 0 unspecified atom stereocenters. The third-order valence-electron chi connectivity index (χ3n) is 4.19. The maximum atomic E-state index is 12.7. The first-order valence-corrected chi connectivity index (χ1v) is 9.47. The molecule has 3 rings (SSSR count). The first kappa shape index (κ1) is 19.5. The number of rotatable bonds is 6. The molecule has 0 aliphatic heterocycles. The van der Waals surface area contributed by atoms with Crippen molar-refractivity contribution in [2.75, 3.05) is 11.4 Å². The van der Waals surface area contributed by atoms with Gasteiger partial charge >= 0.3 is 5.97 Å². The van der Waals surface area contributed by atoms with Gasteiger partial charge in [0.2, 0.25) is 0 Å². The van der Waals surface area contributed by atoms with Crippen LogP contribution in [0.15, 0.2) is 54.6 Å². The largest absolute Gasteiger partial charge is 0.448 e. The van der Waals surface area contributed by atoms with Gasteiger partial charge in [0.05, 0.1) is 4.92 Å². The van der Waals surface area contributed by atoms with Gasteiger partial charge in [-0.05, 0) is 38.1 Å². The number of hydrogen-bond donors (Lipinski definition) is 0. The highest BCUT2D eigenvalue weighted by atomic mass is 32.1. The average molecular weight is 398 g/mol. The van der Waals surface area contributed by atoms with E-state index in [-0.39, 0.29) is 16.5 Å². The third-order valence-corrected chi connectivity index (χ3v) is 5.29. The van der Waals surface area contributed by atoms with E-state index in [0.29, 0.717) is 11.9 Å². The van der Waals surface area contributed by atoms with Crippen LogP contribution in [0.1, 0.15) is 23.5 Å². The number of hydrogen-bond acceptors (Lipinski definition) is 6. The van der Waals surface area contributed by atoms with Crippen LogP contribution >= 0.6 is 11.3 Å². The number of non-ortho nitro benzene ring substituents is 1. The van der Waals surface area contributed by atoms with E-state index in [2.05, 4.69) is 0 Å². The number of ether oxygens (including phenoxy) is 1. The first-order valence-electron chi connectivity index (χ1n) is 8.66. The van der Waals surface area contributed by atoms with Crippen molar-refractivity contribution >= 4 is 44.7 Å². The van der Waals surface area contributed by atoms with E-state index < -0.39 is 17.0 Å². The van der Waals surface area contributed by atoms with Crippen molar-refractivity contribution in [2.24, 2.45) is 0 Å². The van der Waals surface area contributed by atoms with Crippen LogP contribution in [0.3, 0.4) is 0 Å². The number of anilines is 1. The van der Waals surface area contributed by atoms with Gasteiger partial charge < -0.3 is 9.64 Å². The molecule has 0 N–H and O–H groups in total. The molecule has 0 radical (unpaired) electrons. The lowest BCUT2D eigenvalue weighted by atomic mass is 10.2. The summed E-state index contributed by atoms with van der Waals surface area (Å²) in [6, 6.07) is 15.1. The quantitative estimate of drug-likeness (QED) is 0.349. The zero-order valence-corrected chi connectivity index (χ0v) is 16.1. The number of fused-ring (bicyclic) bond motifs is 1. The Hall–Kier alpha value is -3.26. The van der Waals surface area contributed by atoms with Crippen molar-refractivity contribution in [1.29, 1.82) is 0 Å². The van der Waals surface area contributed by atoms with E-state index in [9.17, 15) is 19.7 Å². The fourth-order valence-corrected chi connectivity index (χ4v) is 3.73. The second kappa shape index (κ2) is 8.18. The average Bonchev–Trinajstić information content (AvgIpc) is 3.12. The van der Waals surface area contributed by atoms with Gasteiger partial charge in [-0.2, -0.15) is 0 Å². The highest BCUT2D eigenvalue weighted by Crippen LogP contribution is 2.29. The summed E-state index contributed by atoms with van der Waals surface area (Å²) in [5.74, 6) is -0.951. The van der Waals surface area contributed by atoms with Crippen molar-refractivity contribution in [3.05, 3.63) is 69.6 Å². The van der Waals surface area contributed by atoms with E-state index in [1.165, 1.54) is 30.4 Å². The van der Waals surface area contributed by atoms with Crippen LogP contribution in [0.5, 0.6) is 0 Å². The molecule has 0 fully saturated rings.